The Labute approximate surface area is 129 Å². The van der Waals surface area contributed by atoms with Gasteiger partial charge in [-0.3, -0.25) is 0 Å². The monoisotopic (exact) mass is 303 g/mol. The molecule has 0 fully saturated rings. The molecule has 3 rings (SSSR count). The maximum atomic E-state index is 10.4. The van der Waals surface area contributed by atoms with E-state index in [2.05, 4.69) is 10.1 Å². The minimum absolute atomic E-state index is 0.306. The van der Waals surface area contributed by atoms with Crippen LogP contribution in [0.4, 0.5) is 0 Å². The molecule has 1 aliphatic heterocycles. The molecule has 0 radical (unpaired) electrons. The van der Waals surface area contributed by atoms with E-state index in [9.17, 15) is 5.11 Å². The van der Waals surface area contributed by atoms with E-state index in [1.54, 1.807) is 4.68 Å². The lowest BCUT2D eigenvalue weighted by Crippen LogP contribution is -2.35. The lowest BCUT2D eigenvalue weighted by atomic mass is 9.91. The zero-order valence-electron chi connectivity index (χ0n) is 13.1. The Morgan fingerprint density at radius 3 is 3.05 bits per heavy atom. The molecule has 1 aliphatic rings. The third-order valence-electron chi connectivity index (χ3n) is 3.78. The maximum absolute atomic E-state index is 10.4. The summed E-state index contributed by atoms with van der Waals surface area (Å²) in [7, 11) is 0. The standard InChI is InChI=1S/C16H21N3O3/c1-4-19-14(17-10-18-19)9-21-12-6-5-7-13-15(12)11(20)8-16(2,3)22-13/h5-7,10-11,20H,4,8-9H2,1-3H3. The summed E-state index contributed by atoms with van der Waals surface area (Å²) in [4.78, 5) is 4.19. The normalized spacial score (nSPS) is 19.4. The van der Waals surface area contributed by atoms with Crippen LogP contribution in [0.25, 0.3) is 0 Å². The predicted octanol–water partition coefficient (Wildman–Crippen LogP) is 2.47. The Bertz CT molecular complexity index is 666. The van der Waals surface area contributed by atoms with Gasteiger partial charge >= 0.3 is 0 Å². The number of benzene rings is 1. The Morgan fingerprint density at radius 1 is 1.45 bits per heavy atom. The van der Waals surface area contributed by atoms with Crippen LogP contribution in [0.5, 0.6) is 11.5 Å². The Balaban J connectivity index is 1.84. The van der Waals surface area contributed by atoms with Crippen LogP contribution in [0, 0.1) is 0 Å². The second kappa shape index (κ2) is 5.61. The van der Waals surface area contributed by atoms with Gasteiger partial charge in [0.05, 0.1) is 11.7 Å². The van der Waals surface area contributed by atoms with E-state index in [1.165, 1.54) is 6.33 Å². The first-order chi connectivity index (χ1) is 10.5. The highest BCUT2D eigenvalue weighted by Crippen LogP contribution is 2.44. The van der Waals surface area contributed by atoms with Gasteiger partial charge in [0, 0.05) is 13.0 Å². The van der Waals surface area contributed by atoms with Crippen molar-refractivity contribution in [2.75, 3.05) is 0 Å². The summed E-state index contributed by atoms with van der Waals surface area (Å²) in [6, 6.07) is 5.57. The van der Waals surface area contributed by atoms with Gasteiger partial charge in [-0.1, -0.05) is 6.07 Å². The minimum atomic E-state index is -0.598. The van der Waals surface area contributed by atoms with Gasteiger partial charge in [-0.25, -0.2) is 9.67 Å². The molecule has 0 spiro atoms. The summed E-state index contributed by atoms with van der Waals surface area (Å²) in [5, 5.41) is 14.6. The predicted molar refractivity (Wildman–Crippen MR) is 80.8 cm³/mol. The first kappa shape index (κ1) is 14.8. The molecule has 0 amide bonds. The van der Waals surface area contributed by atoms with E-state index < -0.39 is 6.10 Å². The number of hydrogen-bond acceptors (Lipinski definition) is 5. The van der Waals surface area contributed by atoms with Gasteiger partial charge < -0.3 is 14.6 Å². The van der Waals surface area contributed by atoms with Crippen molar-refractivity contribution >= 4 is 0 Å². The lowest BCUT2D eigenvalue weighted by Gasteiger charge is -2.36. The van der Waals surface area contributed by atoms with Crippen molar-refractivity contribution in [2.24, 2.45) is 0 Å². The Morgan fingerprint density at radius 2 is 2.27 bits per heavy atom. The summed E-state index contributed by atoms with van der Waals surface area (Å²) in [5.41, 5.74) is 0.331. The summed E-state index contributed by atoms with van der Waals surface area (Å²) < 4.78 is 13.6. The number of aromatic nitrogens is 3. The summed E-state index contributed by atoms with van der Waals surface area (Å²) in [6.45, 7) is 6.99. The van der Waals surface area contributed by atoms with Crippen molar-refractivity contribution < 1.29 is 14.6 Å². The molecule has 1 aromatic heterocycles. The fourth-order valence-corrected chi connectivity index (χ4v) is 2.78. The fourth-order valence-electron chi connectivity index (χ4n) is 2.78. The molecular formula is C16H21N3O3. The van der Waals surface area contributed by atoms with E-state index >= 15 is 0 Å². The highest BCUT2D eigenvalue weighted by Gasteiger charge is 2.34. The molecule has 0 saturated carbocycles. The van der Waals surface area contributed by atoms with Crippen LogP contribution in [-0.4, -0.2) is 25.5 Å². The van der Waals surface area contributed by atoms with Crippen molar-refractivity contribution in [3.63, 3.8) is 0 Å². The SMILES string of the molecule is CCn1ncnc1COc1cccc2c1C(O)CC(C)(C)O2. The first-order valence-electron chi connectivity index (χ1n) is 7.49. The van der Waals surface area contributed by atoms with Gasteiger partial charge in [0.25, 0.3) is 0 Å². The van der Waals surface area contributed by atoms with Crippen molar-refractivity contribution in [3.05, 3.63) is 35.9 Å². The van der Waals surface area contributed by atoms with Crippen molar-refractivity contribution in [3.8, 4) is 11.5 Å². The van der Waals surface area contributed by atoms with Crippen molar-refractivity contribution in [1.82, 2.24) is 14.8 Å². The van der Waals surface area contributed by atoms with Gasteiger partial charge in [0.15, 0.2) is 5.82 Å². The molecular weight excluding hydrogens is 282 g/mol. The number of ether oxygens (including phenoxy) is 2. The van der Waals surface area contributed by atoms with Crippen LogP contribution >= 0.6 is 0 Å². The molecule has 0 saturated heterocycles. The quantitative estimate of drug-likeness (QED) is 0.939. The molecule has 6 nitrogen and oxygen atoms in total. The van der Waals surface area contributed by atoms with Crippen LogP contribution < -0.4 is 9.47 Å². The highest BCUT2D eigenvalue weighted by molar-refractivity contribution is 5.48. The van der Waals surface area contributed by atoms with E-state index in [0.717, 1.165) is 12.4 Å². The number of rotatable bonds is 4. The molecule has 2 heterocycles. The highest BCUT2D eigenvalue weighted by atomic mass is 16.5. The van der Waals surface area contributed by atoms with E-state index in [-0.39, 0.29) is 5.60 Å². The second-order valence-electron chi connectivity index (χ2n) is 6.03. The number of nitrogens with zero attached hydrogens (tertiary/aromatic N) is 3. The average molecular weight is 303 g/mol. The molecule has 1 aromatic carbocycles. The average Bonchev–Trinajstić information content (AvgIpc) is 2.90. The van der Waals surface area contributed by atoms with Gasteiger partial charge in [-0.2, -0.15) is 5.10 Å². The third-order valence-corrected chi connectivity index (χ3v) is 3.78. The van der Waals surface area contributed by atoms with Crippen LogP contribution in [-0.2, 0) is 13.2 Å². The van der Waals surface area contributed by atoms with Gasteiger partial charge in [0.1, 0.15) is 30.0 Å². The molecule has 6 heteroatoms. The first-order valence-corrected chi connectivity index (χ1v) is 7.49. The van der Waals surface area contributed by atoms with E-state index in [0.29, 0.717) is 30.1 Å². The lowest BCUT2D eigenvalue weighted by molar-refractivity contribution is 0.00943. The van der Waals surface area contributed by atoms with Crippen molar-refractivity contribution in [2.45, 2.75) is 52.0 Å². The molecule has 1 N–H and O–H groups in total. The third kappa shape index (κ3) is 2.78. The van der Waals surface area contributed by atoms with Gasteiger partial charge in [0.2, 0.25) is 0 Å². The Kier molecular flexibility index (Phi) is 3.78. The number of aryl methyl sites for hydroxylation is 1. The van der Waals surface area contributed by atoms with Crippen LogP contribution in [0.15, 0.2) is 24.5 Å². The molecule has 2 aromatic rings. The largest absolute Gasteiger partial charge is 0.487 e. The number of aliphatic hydroxyl groups is 1. The zero-order valence-corrected chi connectivity index (χ0v) is 13.1. The Hall–Kier alpha value is -2.08. The van der Waals surface area contributed by atoms with Crippen LogP contribution in [0.1, 0.15) is 44.7 Å². The summed E-state index contributed by atoms with van der Waals surface area (Å²) in [6.07, 6.45) is 1.45. The molecule has 0 aliphatic carbocycles. The van der Waals surface area contributed by atoms with Gasteiger partial charge in [-0.15, -0.1) is 0 Å². The number of hydrogen-bond donors (Lipinski definition) is 1. The number of aliphatic hydroxyl groups excluding tert-OH is 1. The van der Waals surface area contributed by atoms with E-state index in [4.69, 9.17) is 9.47 Å². The zero-order chi connectivity index (χ0) is 15.7. The van der Waals surface area contributed by atoms with E-state index in [1.807, 2.05) is 39.0 Å². The second-order valence-corrected chi connectivity index (χ2v) is 6.03. The molecule has 0 bridgehead atoms. The number of fused-ring (bicyclic) bond motifs is 1. The van der Waals surface area contributed by atoms with Gasteiger partial charge in [-0.05, 0) is 32.9 Å². The smallest absolute Gasteiger partial charge is 0.164 e. The summed E-state index contributed by atoms with van der Waals surface area (Å²) >= 11 is 0. The minimum Gasteiger partial charge on any atom is -0.487 e. The fraction of sp³-hybridized carbons (Fsp3) is 0.500. The van der Waals surface area contributed by atoms with Crippen LogP contribution in [0.2, 0.25) is 0 Å². The maximum Gasteiger partial charge on any atom is 0.164 e. The molecule has 1 unspecified atom stereocenters. The summed E-state index contributed by atoms with van der Waals surface area (Å²) in [5.74, 6) is 2.07. The van der Waals surface area contributed by atoms with Crippen LogP contribution in [0.3, 0.4) is 0 Å². The molecule has 1 atom stereocenters. The topological polar surface area (TPSA) is 69.4 Å². The molecule has 118 valence electrons. The van der Waals surface area contributed by atoms with Crippen molar-refractivity contribution in [1.29, 1.82) is 0 Å². The molecule has 22 heavy (non-hydrogen) atoms.